The molecule has 0 fully saturated rings. The van der Waals surface area contributed by atoms with E-state index in [0.29, 0.717) is 12.1 Å². The number of aromatic nitrogens is 2. The van der Waals surface area contributed by atoms with Gasteiger partial charge in [-0.05, 0) is 24.3 Å². The summed E-state index contributed by atoms with van der Waals surface area (Å²) in [5.74, 6) is -0.352. The minimum atomic E-state index is -0.783. The van der Waals surface area contributed by atoms with E-state index < -0.39 is 12.1 Å². The number of carbonyl (C=O) groups is 3. The summed E-state index contributed by atoms with van der Waals surface area (Å²) in [7, 11) is 0. The molecule has 1 heterocycles. The first-order chi connectivity index (χ1) is 14.9. The van der Waals surface area contributed by atoms with Crippen LogP contribution in [-0.2, 0) is 20.8 Å². The van der Waals surface area contributed by atoms with E-state index in [1.807, 2.05) is 56.3 Å². The molecule has 0 aliphatic carbocycles. The lowest BCUT2D eigenvalue weighted by molar-refractivity contribution is -0.128. The zero-order chi connectivity index (χ0) is 22.4. The molecule has 0 bridgehead atoms. The van der Waals surface area contributed by atoms with Crippen LogP contribution in [0.3, 0.4) is 0 Å². The third-order valence-electron chi connectivity index (χ3n) is 5.08. The maximum Gasteiger partial charge on any atom is 0.249 e. The quantitative estimate of drug-likeness (QED) is 0.520. The van der Waals surface area contributed by atoms with E-state index in [9.17, 15) is 14.4 Å². The Kier molecular flexibility index (Phi) is 7.18. The maximum absolute atomic E-state index is 13.6. The lowest BCUT2D eigenvalue weighted by atomic mass is 10.0. The number of aromatic amines is 1. The average Bonchev–Trinajstić information content (AvgIpc) is 3.25. The second-order valence-electron chi connectivity index (χ2n) is 8.08. The molecule has 0 saturated carbocycles. The van der Waals surface area contributed by atoms with Gasteiger partial charge in [-0.15, -0.1) is 0 Å². The maximum atomic E-state index is 13.6. The summed E-state index contributed by atoms with van der Waals surface area (Å²) >= 11 is 0. The van der Waals surface area contributed by atoms with Gasteiger partial charge in [-0.2, -0.15) is 0 Å². The molecule has 0 radical (unpaired) electrons. The minimum absolute atomic E-state index is 0.180. The highest BCUT2D eigenvalue weighted by Crippen LogP contribution is 2.29. The van der Waals surface area contributed by atoms with Gasteiger partial charge in [-0.3, -0.25) is 14.5 Å². The van der Waals surface area contributed by atoms with Crippen molar-refractivity contribution in [2.75, 3.05) is 4.90 Å². The number of benzene rings is 2. The van der Waals surface area contributed by atoms with Crippen molar-refractivity contribution in [3.8, 4) is 0 Å². The number of amides is 2. The predicted octanol–water partition coefficient (Wildman–Crippen LogP) is 3.26. The summed E-state index contributed by atoms with van der Waals surface area (Å²) in [6, 6.07) is 11.8. The number of anilines is 1. The first kappa shape index (κ1) is 22.2. The number of aldehydes is 1. The molecule has 3 rings (SSSR count). The normalized spacial score (nSPS) is 13.0. The van der Waals surface area contributed by atoms with Crippen molar-refractivity contribution in [2.45, 2.75) is 45.7 Å². The van der Waals surface area contributed by atoms with E-state index in [0.717, 1.165) is 22.8 Å². The first-order valence-electron chi connectivity index (χ1n) is 10.4. The Hall–Kier alpha value is -3.48. The zero-order valence-corrected chi connectivity index (χ0v) is 18.0. The molecule has 2 N–H and O–H groups in total. The van der Waals surface area contributed by atoms with E-state index in [2.05, 4.69) is 15.3 Å². The van der Waals surface area contributed by atoms with E-state index in [4.69, 9.17) is 0 Å². The summed E-state index contributed by atoms with van der Waals surface area (Å²) in [6.45, 7) is 5.54. The van der Waals surface area contributed by atoms with Gasteiger partial charge in [-0.1, -0.05) is 50.2 Å². The Bertz CT molecular complexity index is 1040. The molecule has 162 valence electrons. The van der Waals surface area contributed by atoms with Crippen LogP contribution in [0.1, 0.15) is 32.9 Å². The predicted molar refractivity (Wildman–Crippen MR) is 121 cm³/mol. The molecule has 2 aromatic carbocycles. The highest BCUT2D eigenvalue weighted by molar-refractivity contribution is 6.08. The number of fused-ring (bicyclic) bond motifs is 1. The molecule has 2 atom stereocenters. The highest BCUT2D eigenvalue weighted by atomic mass is 16.2. The van der Waals surface area contributed by atoms with Crippen LogP contribution in [0.15, 0.2) is 55.0 Å². The number of hydrogen-bond donors (Lipinski definition) is 2. The molecule has 0 aliphatic rings. The molecule has 7 nitrogen and oxygen atoms in total. The van der Waals surface area contributed by atoms with Gasteiger partial charge in [-0.25, -0.2) is 4.98 Å². The van der Waals surface area contributed by atoms with E-state index in [1.54, 1.807) is 13.1 Å². The van der Waals surface area contributed by atoms with Crippen LogP contribution in [0, 0.1) is 5.92 Å². The second-order valence-corrected chi connectivity index (χ2v) is 8.08. The van der Waals surface area contributed by atoms with Crippen molar-refractivity contribution < 1.29 is 14.4 Å². The smallest absolute Gasteiger partial charge is 0.249 e. The van der Waals surface area contributed by atoms with E-state index >= 15 is 0 Å². The van der Waals surface area contributed by atoms with Crippen LogP contribution in [0.25, 0.3) is 10.8 Å². The average molecular weight is 421 g/mol. The first-order valence-corrected chi connectivity index (χ1v) is 10.4. The van der Waals surface area contributed by atoms with Gasteiger partial charge in [0, 0.05) is 30.1 Å². The number of rotatable bonds is 9. The van der Waals surface area contributed by atoms with Crippen molar-refractivity contribution >= 4 is 34.6 Å². The standard InChI is InChI=1S/C24H28N4O3/c1-16(2)11-23(30)27-17(3)24(31)28(20(14-29)12-19-13-25-15-26-19)22-10-6-8-18-7-4-5-9-21(18)22/h4-10,13-17,20H,11-12H2,1-3H3,(H,25,26)(H,27,30)/t17-,20-/m0/s1. The largest absolute Gasteiger partial charge is 0.348 e. The van der Waals surface area contributed by atoms with Gasteiger partial charge in [0.1, 0.15) is 12.3 Å². The highest BCUT2D eigenvalue weighted by Gasteiger charge is 2.31. The van der Waals surface area contributed by atoms with Gasteiger partial charge >= 0.3 is 0 Å². The van der Waals surface area contributed by atoms with Gasteiger partial charge in [0.25, 0.3) is 0 Å². The fourth-order valence-corrected chi connectivity index (χ4v) is 3.64. The van der Waals surface area contributed by atoms with Crippen molar-refractivity contribution in [2.24, 2.45) is 5.92 Å². The summed E-state index contributed by atoms with van der Waals surface area (Å²) in [4.78, 5) is 46.5. The SMILES string of the molecule is CC(C)CC(=O)N[C@@H](C)C(=O)N(c1cccc2ccccc12)[C@H](C=O)Cc1cnc[nH]1. The number of nitrogens with zero attached hydrogens (tertiary/aromatic N) is 2. The Labute approximate surface area is 181 Å². The van der Waals surface area contributed by atoms with E-state index in [-0.39, 0.29) is 24.2 Å². The lowest BCUT2D eigenvalue weighted by Crippen LogP contribution is -2.52. The molecular weight excluding hydrogens is 392 g/mol. The van der Waals surface area contributed by atoms with Gasteiger partial charge in [0.2, 0.25) is 11.8 Å². The summed E-state index contributed by atoms with van der Waals surface area (Å²) in [5.41, 5.74) is 1.37. The molecule has 2 amide bonds. The Morgan fingerprint density at radius 1 is 1.13 bits per heavy atom. The monoisotopic (exact) mass is 420 g/mol. The van der Waals surface area contributed by atoms with E-state index in [1.165, 1.54) is 11.2 Å². The van der Waals surface area contributed by atoms with Crippen molar-refractivity contribution in [3.63, 3.8) is 0 Å². The number of carbonyl (C=O) groups excluding carboxylic acids is 3. The third-order valence-corrected chi connectivity index (χ3v) is 5.08. The zero-order valence-electron chi connectivity index (χ0n) is 18.0. The Morgan fingerprint density at radius 2 is 1.87 bits per heavy atom. The molecule has 3 aromatic rings. The molecule has 31 heavy (non-hydrogen) atoms. The molecule has 0 aliphatic heterocycles. The van der Waals surface area contributed by atoms with Crippen LogP contribution < -0.4 is 10.2 Å². The number of imidazole rings is 1. The summed E-state index contributed by atoms with van der Waals surface area (Å²) < 4.78 is 0. The second kappa shape index (κ2) is 10.0. The Morgan fingerprint density at radius 3 is 2.55 bits per heavy atom. The number of hydrogen-bond acceptors (Lipinski definition) is 4. The molecule has 1 aromatic heterocycles. The van der Waals surface area contributed by atoms with Crippen LogP contribution >= 0.6 is 0 Å². The number of H-pyrrole nitrogens is 1. The molecule has 0 spiro atoms. The van der Waals surface area contributed by atoms with Gasteiger partial charge in [0.05, 0.1) is 18.1 Å². The molecule has 0 unspecified atom stereocenters. The van der Waals surface area contributed by atoms with Crippen LogP contribution in [0.2, 0.25) is 0 Å². The third kappa shape index (κ3) is 5.36. The molecule has 0 saturated heterocycles. The summed E-state index contributed by atoms with van der Waals surface area (Å²) in [6.07, 6.45) is 4.55. The summed E-state index contributed by atoms with van der Waals surface area (Å²) in [5, 5.41) is 4.60. The van der Waals surface area contributed by atoms with Crippen LogP contribution in [0.5, 0.6) is 0 Å². The van der Waals surface area contributed by atoms with Gasteiger partial charge < -0.3 is 15.1 Å². The van der Waals surface area contributed by atoms with Gasteiger partial charge in [0.15, 0.2) is 0 Å². The van der Waals surface area contributed by atoms with Crippen molar-refractivity contribution in [1.29, 1.82) is 0 Å². The van der Waals surface area contributed by atoms with Crippen LogP contribution in [0.4, 0.5) is 5.69 Å². The topological polar surface area (TPSA) is 95.2 Å². The Balaban J connectivity index is 2.00. The molecule has 7 heteroatoms. The minimum Gasteiger partial charge on any atom is -0.348 e. The fourth-order valence-electron chi connectivity index (χ4n) is 3.64. The molecular formula is C24H28N4O3. The van der Waals surface area contributed by atoms with Crippen molar-refractivity contribution in [3.05, 3.63) is 60.7 Å². The lowest BCUT2D eigenvalue weighted by Gasteiger charge is -2.32. The van der Waals surface area contributed by atoms with Crippen LogP contribution in [-0.4, -0.2) is 40.2 Å². The fraction of sp³-hybridized carbons (Fsp3) is 0.333. The van der Waals surface area contributed by atoms with Crippen molar-refractivity contribution in [1.82, 2.24) is 15.3 Å². The number of nitrogens with one attached hydrogen (secondary N) is 2.